The molecule has 3 heteroatoms. The van der Waals surface area contributed by atoms with E-state index in [4.69, 9.17) is 11.6 Å². The van der Waals surface area contributed by atoms with Crippen LogP contribution in [0, 0.1) is 6.92 Å². The van der Waals surface area contributed by atoms with Crippen molar-refractivity contribution in [2.45, 2.75) is 6.92 Å². The van der Waals surface area contributed by atoms with Crippen LogP contribution in [0.1, 0.15) is 5.56 Å². The van der Waals surface area contributed by atoms with Gasteiger partial charge in [0.25, 0.3) is 0 Å². The van der Waals surface area contributed by atoms with Gasteiger partial charge in [-0.05, 0) is 24.6 Å². The van der Waals surface area contributed by atoms with Gasteiger partial charge in [0.15, 0.2) is 0 Å². The van der Waals surface area contributed by atoms with Crippen LogP contribution in [0.5, 0.6) is 0 Å². The van der Waals surface area contributed by atoms with Gasteiger partial charge in [0.05, 0.1) is 6.54 Å². The minimum atomic E-state index is 0.321. The second-order valence-electron chi connectivity index (χ2n) is 2.51. The van der Waals surface area contributed by atoms with Gasteiger partial charge in [-0.25, -0.2) is 0 Å². The lowest BCUT2D eigenvalue weighted by atomic mass is 10.2. The maximum atomic E-state index is 10.1. The number of hydrogen-bond donors (Lipinski definition) is 1. The van der Waals surface area contributed by atoms with Crippen molar-refractivity contribution in [1.29, 1.82) is 0 Å². The molecule has 0 radical (unpaired) electrons. The highest BCUT2D eigenvalue weighted by Gasteiger charge is 1.96. The molecule has 0 saturated heterocycles. The first kappa shape index (κ1) is 9.07. The van der Waals surface area contributed by atoms with Crippen molar-refractivity contribution < 1.29 is 4.79 Å². The quantitative estimate of drug-likeness (QED) is 0.729. The molecule has 0 bridgehead atoms. The van der Waals surface area contributed by atoms with Gasteiger partial charge < -0.3 is 10.1 Å². The Balaban J connectivity index is 2.82. The highest BCUT2D eigenvalue weighted by atomic mass is 35.5. The minimum Gasteiger partial charge on any atom is -0.378 e. The van der Waals surface area contributed by atoms with E-state index < -0.39 is 0 Å². The summed E-state index contributed by atoms with van der Waals surface area (Å²) in [6.07, 6.45) is 0.820. The lowest BCUT2D eigenvalue weighted by Crippen LogP contribution is -2.03. The predicted molar refractivity (Wildman–Crippen MR) is 50.7 cm³/mol. The van der Waals surface area contributed by atoms with Crippen molar-refractivity contribution >= 4 is 23.6 Å². The molecule has 0 fully saturated rings. The SMILES string of the molecule is Cc1ccc(Cl)cc1NCC=O. The Kier molecular flexibility index (Phi) is 3.11. The maximum absolute atomic E-state index is 10.1. The average Bonchev–Trinajstić information content (AvgIpc) is 2.07. The molecule has 0 spiro atoms. The van der Waals surface area contributed by atoms with Crippen LogP contribution in [0.4, 0.5) is 5.69 Å². The molecule has 12 heavy (non-hydrogen) atoms. The fourth-order valence-corrected chi connectivity index (χ4v) is 1.11. The molecule has 0 aliphatic carbocycles. The lowest BCUT2D eigenvalue weighted by molar-refractivity contribution is -0.106. The molecule has 1 rings (SSSR count). The van der Waals surface area contributed by atoms with E-state index in [1.54, 1.807) is 6.07 Å². The number of benzene rings is 1. The fraction of sp³-hybridized carbons (Fsp3) is 0.222. The average molecular weight is 184 g/mol. The number of carbonyl (C=O) groups is 1. The smallest absolute Gasteiger partial charge is 0.139 e. The zero-order valence-corrected chi connectivity index (χ0v) is 7.56. The Morgan fingerprint density at radius 3 is 3.00 bits per heavy atom. The first-order valence-corrected chi connectivity index (χ1v) is 4.05. The summed E-state index contributed by atoms with van der Waals surface area (Å²) in [5.41, 5.74) is 2.00. The minimum absolute atomic E-state index is 0.321. The van der Waals surface area contributed by atoms with Crippen LogP contribution in [0.25, 0.3) is 0 Å². The van der Waals surface area contributed by atoms with Crippen LogP contribution in [-0.2, 0) is 4.79 Å². The second kappa shape index (κ2) is 4.12. The van der Waals surface area contributed by atoms with E-state index >= 15 is 0 Å². The van der Waals surface area contributed by atoms with Gasteiger partial charge >= 0.3 is 0 Å². The van der Waals surface area contributed by atoms with Crippen LogP contribution in [0.3, 0.4) is 0 Å². The molecule has 1 aromatic carbocycles. The Morgan fingerprint density at radius 2 is 2.33 bits per heavy atom. The van der Waals surface area contributed by atoms with Gasteiger partial charge in [0.1, 0.15) is 6.29 Å². The summed E-state index contributed by atoms with van der Waals surface area (Å²) in [6, 6.07) is 5.54. The zero-order valence-electron chi connectivity index (χ0n) is 6.80. The van der Waals surface area contributed by atoms with Gasteiger partial charge in [-0.15, -0.1) is 0 Å². The van der Waals surface area contributed by atoms with E-state index in [-0.39, 0.29) is 0 Å². The van der Waals surface area contributed by atoms with Crippen LogP contribution >= 0.6 is 11.6 Å². The van der Waals surface area contributed by atoms with Crippen molar-refractivity contribution in [2.24, 2.45) is 0 Å². The van der Waals surface area contributed by atoms with Crippen molar-refractivity contribution in [3.8, 4) is 0 Å². The third-order valence-electron chi connectivity index (χ3n) is 1.58. The summed E-state index contributed by atoms with van der Waals surface area (Å²) in [4.78, 5) is 10.1. The van der Waals surface area contributed by atoms with E-state index in [1.165, 1.54) is 0 Å². The highest BCUT2D eigenvalue weighted by molar-refractivity contribution is 6.30. The molecule has 0 aliphatic heterocycles. The van der Waals surface area contributed by atoms with Gasteiger partial charge in [-0.1, -0.05) is 17.7 Å². The normalized spacial score (nSPS) is 9.50. The Hall–Kier alpha value is -1.02. The highest BCUT2D eigenvalue weighted by Crippen LogP contribution is 2.19. The molecule has 0 saturated carbocycles. The van der Waals surface area contributed by atoms with Gasteiger partial charge in [-0.3, -0.25) is 0 Å². The molecule has 2 nitrogen and oxygen atoms in total. The van der Waals surface area contributed by atoms with E-state index in [1.807, 2.05) is 19.1 Å². The third kappa shape index (κ3) is 2.24. The van der Waals surface area contributed by atoms with Gasteiger partial charge in [0, 0.05) is 10.7 Å². The predicted octanol–water partition coefficient (Wildman–Crippen LogP) is 2.26. The van der Waals surface area contributed by atoms with Crippen LogP contribution in [-0.4, -0.2) is 12.8 Å². The molecule has 1 N–H and O–H groups in total. The topological polar surface area (TPSA) is 29.1 Å². The third-order valence-corrected chi connectivity index (χ3v) is 1.81. The standard InChI is InChI=1S/C9H10ClNO/c1-7-2-3-8(10)6-9(7)11-4-5-12/h2-3,5-6,11H,4H2,1H3. The molecule has 0 aliphatic rings. The monoisotopic (exact) mass is 183 g/mol. The number of aldehydes is 1. The van der Waals surface area contributed by atoms with Crippen LogP contribution in [0.2, 0.25) is 5.02 Å². The van der Waals surface area contributed by atoms with Crippen molar-refractivity contribution in [1.82, 2.24) is 0 Å². The molecule has 64 valence electrons. The summed E-state index contributed by atoms with van der Waals surface area (Å²) >= 11 is 5.77. The van der Waals surface area contributed by atoms with E-state index in [2.05, 4.69) is 5.32 Å². The van der Waals surface area contributed by atoms with E-state index in [9.17, 15) is 4.79 Å². The summed E-state index contributed by atoms with van der Waals surface area (Å²) in [5.74, 6) is 0. The Labute approximate surface area is 76.5 Å². The molecule has 0 atom stereocenters. The number of rotatable bonds is 3. The van der Waals surface area contributed by atoms with Crippen LogP contribution < -0.4 is 5.32 Å². The van der Waals surface area contributed by atoms with Crippen LogP contribution in [0.15, 0.2) is 18.2 Å². The fourth-order valence-electron chi connectivity index (χ4n) is 0.936. The maximum Gasteiger partial charge on any atom is 0.139 e. The summed E-state index contributed by atoms with van der Waals surface area (Å²) in [7, 11) is 0. The Morgan fingerprint density at radius 1 is 1.58 bits per heavy atom. The first-order valence-electron chi connectivity index (χ1n) is 3.67. The summed E-state index contributed by atoms with van der Waals surface area (Å²) < 4.78 is 0. The van der Waals surface area contributed by atoms with Gasteiger partial charge in [0.2, 0.25) is 0 Å². The summed E-state index contributed by atoms with van der Waals surface area (Å²) in [6.45, 7) is 2.28. The molecule has 0 heterocycles. The second-order valence-corrected chi connectivity index (χ2v) is 2.94. The molecular formula is C9H10ClNO. The zero-order chi connectivity index (χ0) is 8.97. The van der Waals surface area contributed by atoms with Crippen molar-refractivity contribution in [2.75, 3.05) is 11.9 Å². The molecule has 0 aromatic heterocycles. The number of nitrogens with one attached hydrogen (secondary N) is 1. The number of aryl methyl sites for hydroxylation is 1. The first-order chi connectivity index (χ1) is 5.74. The summed E-state index contributed by atoms with van der Waals surface area (Å²) in [5, 5.41) is 3.63. The molecule has 0 unspecified atom stereocenters. The van der Waals surface area contributed by atoms with E-state index in [0.29, 0.717) is 11.6 Å². The number of hydrogen-bond acceptors (Lipinski definition) is 2. The number of anilines is 1. The lowest BCUT2D eigenvalue weighted by Gasteiger charge is -2.06. The molecule has 1 aromatic rings. The number of carbonyl (C=O) groups excluding carboxylic acids is 1. The molecular weight excluding hydrogens is 174 g/mol. The largest absolute Gasteiger partial charge is 0.378 e. The van der Waals surface area contributed by atoms with Crippen molar-refractivity contribution in [3.63, 3.8) is 0 Å². The van der Waals surface area contributed by atoms with Gasteiger partial charge in [-0.2, -0.15) is 0 Å². The van der Waals surface area contributed by atoms with Crippen molar-refractivity contribution in [3.05, 3.63) is 28.8 Å². The van der Waals surface area contributed by atoms with E-state index in [0.717, 1.165) is 17.5 Å². The molecule has 0 amide bonds. The number of halogens is 1. The Bertz CT molecular complexity index is 286.